The van der Waals surface area contributed by atoms with E-state index in [0.29, 0.717) is 17.8 Å². The lowest BCUT2D eigenvalue weighted by Gasteiger charge is -2.34. The van der Waals surface area contributed by atoms with Crippen LogP contribution < -0.4 is 9.04 Å². The molecule has 1 aliphatic heterocycles. The van der Waals surface area contributed by atoms with Crippen LogP contribution in [0.15, 0.2) is 42.5 Å². The van der Waals surface area contributed by atoms with Crippen LogP contribution in [0.1, 0.15) is 18.1 Å². The number of benzene rings is 2. The zero-order valence-corrected chi connectivity index (χ0v) is 14.5. The molecule has 0 amide bonds. The maximum absolute atomic E-state index is 13.0. The SMILES string of the molecule is COc1ccc2c(c1)CC(C)CN2S(=O)(=O)Cc1ccc(F)cc1. The van der Waals surface area contributed by atoms with Crippen molar-refractivity contribution < 1.29 is 17.5 Å². The molecule has 2 aromatic carbocycles. The lowest BCUT2D eigenvalue weighted by atomic mass is 9.95. The van der Waals surface area contributed by atoms with E-state index in [9.17, 15) is 12.8 Å². The minimum absolute atomic E-state index is 0.147. The number of ether oxygens (including phenoxy) is 1. The van der Waals surface area contributed by atoms with Crippen molar-refractivity contribution in [3.8, 4) is 5.75 Å². The van der Waals surface area contributed by atoms with E-state index in [1.165, 1.54) is 28.6 Å². The Hall–Kier alpha value is -2.08. The van der Waals surface area contributed by atoms with Crippen LogP contribution in [-0.4, -0.2) is 22.1 Å². The Labute approximate surface area is 141 Å². The average Bonchev–Trinajstić information content (AvgIpc) is 2.55. The van der Waals surface area contributed by atoms with Crippen molar-refractivity contribution in [3.63, 3.8) is 0 Å². The molecule has 2 aromatic rings. The van der Waals surface area contributed by atoms with E-state index in [-0.39, 0.29) is 17.5 Å². The van der Waals surface area contributed by atoms with Gasteiger partial charge in [0, 0.05) is 6.54 Å². The Morgan fingerprint density at radius 1 is 1.21 bits per heavy atom. The lowest BCUT2D eigenvalue weighted by Crippen LogP contribution is -2.39. The number of halogens is 1. The molecule has 0 aliphatic carbocycles. The molecule has 0 aromatic heterocycles. The van der Waals surface area contributed by atoms with Crippen LogP contribution in [0.25, 0.3) is 0 Å². The summed E-state index contributed by atoms with van der Waals surface area (Å²) in [7, 11) is -1.95. The number of methoxy groups -OCH3 is 1. The van der Waals surface area contributed by atoms with Crippen molar-refractivity contribution in [2.24, 2.45) is 5.92 Å². The van der Waals surface area contributed by atoms with Gasteiger partial charge in [-0.1, -0.05) is 19.1 Å². The first-order valence-corrected chi connectivity index (χ1v) is 9.42. The van der Waals surface area contributed by atoms with Gasteiger partial charge in [0.1, 0.15) is 11.6 Å². The summed E-state index contributed by atoms with van der Waals surface area (Å²) < 4.78 is 45.5. The standard InChI is InChI=1S/C18H20FNO3S/c1-13-9-15-10-17(23-2)7-8-18(15)20(11-13)24(21,22)12-14-3-5-16(19)6-4-14/h3-8,10,13H,9,11-12H2,1-2H3. The van der Waals surface area contributed by atoms with Crippen molar-refractivity contribution in [1.29, 1.82) is 0 Å². The molecular weight excluding hydrogens is 329 g/mol. The topological polar surface area (TPSA) is 46.6 Å². The number of anilines is 1. The van der Waals surface area contributed by atoms with Crippen LogP contribution >= 0.6 is 0 Å². The summed E-state index contributed by atoms with van der Waals surface area (Å²) in [6.45, 7) is 2.48. The predicted octanol–water partition coefficient (Wildman–Crippen LogP) is 3.36. The maximum atomic E-state index is 13.0. The Balaban J connectivity index is 1.94. The van der Waals surface area contributed by atoms with Crippen molar-refractivity contribution in [2.75, 3.05) is 18.0 Å². The van der Waals surface area contributed by atoms with Crippen molar-refractivity contribution in [3.05, 3.63) is 59.4 Å². The van der Waals surface area contributed by atoms with Crippen LogP contribution in [0.4, 0.5) is 10.1 Å². The van der Waals surface area contributed by atoms with Gasteiger partial charge in [0.2, 0.25) is 10.0 Å². The minimum atomic E-state index is -3.55. The summed E-state index contributed by atoms with van der Waals surface area (Å²) in [6, 6.07) is 11.0. The Bertz CT molecular complexity index is 834. The minimum Gasteiger partial charge on any atom is -0.497 e. The van der Waals surface area contributed by atoms with Gasteiger partial charge in [0.15, 0.2) is 0 Å². The molecule has 24 heavy (non-hydrogen) atoms. The van der Waals surface area contributed by atoms with Crippen LogP contribution in [-0.2, 0) is 22.2 Å². The van der Waals surface area contributed by atoms with E-state index >= 15 is 0 Å². The smallest absolute Gasteiger partial charge is 0.239 e. The number of hydrogen-bond donors (Lipinski definition) is 0. The maximum Gasteiger partial charge on any atom is 0.239 e. The second kappa shape index (κ2) is 6.43. The fourth-order valence-electron chi connectivity index (χ4n) is 3.05. The third kappa shape index (κ3) is 3.38. The van der Waals surface area contributed by atoms with E-state index in [2.05, 4.69) is 0 Å². The first-order valence-electron chi connectivity index (χ1n) is 7.81. The summed E-state index contributed by atoms with van der Waals surface area (Å²) in [5.74, 6) is 0.414. The van der Waals surface area contributed by atoms with Gasteiger partial charge in [-0.05, 0) is 53.8 Å². The van der Waals surface area contributed by atoms with Gasteiger partial charge in [-0.3, -0.25) is 4.31 Å². The molecule has 3 rings (SSSR count). The monoisotopic (exact) mass is 349 g/mol. The summed E-state index contributed by atoms with van der Waals surface area (Å²) in [4.78, 5) is 0. The van der Waals surface area contributed by atoms with Crippen LogP contribution in [0.5, 0.6) is 5.75 Å². The van der Waals surface area contributed by atoms with Crippen LogP contribution in [0.3, 0.4) is 0 Å². The first kappa shape index (κ1) is 16.8. The first-order chi connectivity index (χ1) is 11.4. The van der Waals surface area contributed by atoms with Gasteiger partial charge >= 0.3 is 0 Å². The largest absolute Gasteiger partial charge is 0.497 e. The third-order valence-corrected chi connectivity index (χ3v) is 5.91. The molecule has 0 spiro atoms. The van der Waals surface area contributed by atoms with Crippen molar-refractivity contribution in [2.45, 2.75) is 19.1 Å². The zero-order valence-electron chi connectivity index (χ0n) is 13.7. The van der Waals surface area contributed by atoms with Crippen molar-refractivity contribution >= 4 is 15.7 Å². The highest BCUT2D eigenvalue weighted by Crippen LogP contribution is 2.35. The molecule has 0 fully saturated rings. The van der Waals surface area contributed by atoms with Gasteiger partial charge in [-0.2, -0.15) is 0 Å². The molecule has 0 bridgehead atoms. The molecule has 6 heteroatoms. The molecule has 1 unspecified atom stereocenters. The summed E-state index contributed by atoms with van der Waals surface area (Å²) >= 11 is 0. The predicted molar refractivity (Wildman–Crippen MR) is 92.2 cm³/mol. The number of hydrogen-bond acceptors (Lipinski definition) is 3. The molecule has 0 N–H and O–H groups in total. The van der Waals surface area contributed by atoms with Crippen LogP contribution in [0, 0.1) is 11.7 Å². The lowest BCUT2D eigenvalue weighted by molar-refractivity contribution is 0.413. The second-order valence-electron chi connectivity index (χ2n) is 6.22. The van der Waals surface area contributed by atoms with E-state index in [1.807, 2.05) is 13.0 Å². The van der Waals surface area contributed by atoms with E-state index < -0.39 is 10.0 Å². The van der Waals surface area contributed by atoms with Gasteiger partial charge < -0.3 is 4.74 Å². The number of rotatable bonds is 4. The van der Waals surface area contributed by atoms with Crippen LogP contribution in [0.2, 0.25) is 0 Å². The van der Waals surface area contributed by atoms with E-state index in [4.69, 9.17) is 4.74 Å². The van der Waals surface area contributed by atoms with E-state index in [1.54, 1.807) is 19.2 Å². The summed E-state index contributed by atoms with van der Waals surface area (Å²) in [6.07, 6.45) is 0.815. The van der Waals surface area contributed by atoms with Gasteiger partial charge in [0.05, 0.1) is 18.6 Å². The molecule has 0 saturated heterocycles. The number of sulfonamides is 1. The highest BCUT2D eigenvalue weighted by atomic mass is 32.2. The molecular formula is C18H20FNO3S. The molecule has 0 saturated carbocycles. The zero-order chi connectivity index (χ0) is 17.3. The highest BCUT2D eigenvalue weighted by Gasteiger charge is 2.30. The summed E-state index contributed by atoms with van der Waals surface area (Å²) in [5.41, 5.74) is 2.25. The average molecular weight is 349 g/mol. The molecule has 1 atom stereocenters. The molecule has 4 nitrogen and oxygen atoms in total. The Morgan fingerprint density at radius 2 is 1.92 bits per heavy atom. The Morgan fingerprint density at radius 3 is 2.58 bits per heavy atom. The highest BCUT2D eigenvalue weighted by molar-refractivity contribution is 7.92. The normalized spacial score (nSPS) is 17.5. The number of fused-ring (bicyclic) bond motifs is 1. The van der Waals surface area contributed by atoms with E-state index in [0.717, 1.165) is 17.7 Å². The third-order valence-electron chi connectivity index (χ3n) is 4.20. The van der Waals surface area contributed by atoms with Gasteiger partial charge in [-0.15, -0.1) is 0 Å². The Kier molecular flexibility index (Phi) is 4.49. The van der Waals surface area contributed by atoms with Crippen molar-refractivity contribution in [1.82, 2.24) is 0 Å². The quantitative estimate of drug-likeness (QED) is 0.850. The fraction of sp³-hybridized carbons (Fsp3) is 0.333. The fourth-order valence-corrected chi connectivity index (χ4v) is 4.78. The van der Waals surface area contributed by atoms with Gasteiger partial charge in [-0.25, -0.2) is 12.8 Å². The molecule has 128 valence electrons. The van der Waals surface area contributed by atoms with Gasteiger partial charge in [0.25, 0.3) is 0 Å². The second-order valence-corrected chi connectivity index (χ2v) is 8.11. The molecule has 0 radical (unpaired) electrons. The molecule has 1 aliphatic rings. The summed E-state index contributed by atoms with van der Waals surface area (Å²) in [5, 5.41) is 0. The number of nitrogens with zero attached hydrogens (tertiary/aromatic N) is 1. The molecule has 1 heterocycles.